The Bertz CT molecular complexity index is 612. The molecule has 0 bridgehead atoms. The summed E-state index contributed by atoms with van der Waals surface area (Å²) in [4.78, 5) is 4.61. The Kier molecular flexibility index (Phi) is 3.70. The summed E-state index contributed by atoms with van der Waals surface area (Å²) < 4.78 is 2.06. The Labute approximate surface area is 125 Å². The van der Waals surface area contributed by atoms with Gasteiger partial charge in [0, 0.05) is 12.2 Å². The lowest BCUT2D eigenvalue weighted by Gasteiger charge is -2.15. The van der Waals surface area contributed by atoms with Gasteiger partial charge in [0.05, 0.1) is 16.4 Å². The average Bonchev–Trinajstić information content (AvgIpc) is 3.00. The molecule has 1 N–H and O–H groups in total. The maximum absolute atomic E-state index is 6.39. The SMILES string of the molecule is Cc1ccc(-n2cc(C)nc2NC2CCCC2)c(Cl)c1. The van der Waals surface area contributed by atoms with E-state index in [1.165, 1.54) is 31.2 Å². The first-order chi connectivity index (χ1) is 9.63. The number of hydrogen-bond acceptors (Lipinski definition) is 2. The first-order valence-electron chi connectivity index (χ1n) is 7.22. The standard InChI is InChI=1S/C16H20ClN3/c1-11-7-8-15(14(17)9-11)20-10-12(2)18-16(20)19-13-5-3-4-6-13/h7-10,13H,3-6H2,1-2H3,(H,18,19). The molecule has 3 nitrogen and oxygen atoms in total. The van der Waals surface area contributed by atoms with E-state index in [0.29, 0.717) is 6.04 Å². The van der Waals surface area contributed by atoms with Crippen LogP contribution in [-0.2, 0) is 0 Å². The van der Waals surface area contributed by atoms with Crippen LogP contribution in [-0.4, -0.2) is 15.6 Å². The molecule has 1 fully saturated rings. The predicted molar refractivity (Wildman–Crippen MR) is 83.9 cm³/mol. The van der Waals surface area contributed by atoms with Crippen molar-refractivity contribution in [1.82, 2.24) is 9.55 Å². The van der Waals surface area contributed by atoms with E-state index in [1.807, 2.05) is 26.1 Å². The smallest absolute Gasteiger partial charge is 0.208 e. The molecular formula is C16H20ClN3. The molecule has 1 heterocycles. The van der Waals surface area contributed by atoms with E-state index < -0.39 is 0 Å². The van der Waals surface area contributed by atoms with Gasteiger partial charge in [0.25, 0.3) is 0 Å². The van der Waals surface area contributed by atoms with E-state index in [2.05, 4.69) is 27.0 Å². The van der Waals surface area contributed by atoms with Gasteiger partial charge in [-0.25, -0.2) is 4.98 Å². The minimum atomic E-state index is 0.541. The summed E-state index contributed by atoms with van der Waals surface area (Å²) in [6.45, 7) is 4.06. The van der Waals surface area contributed by atoms with E-state index in [-0.39, 0.29) is 0 Å². The maximum Gasteiger partial charge on any atom is 0.208 e. The number of imidazole rings is 1. The van der Waals surface area contributed by atoms with E-state index in [9.17, 15) is 0 Å². The number of nitrogens with one attached hydrogen (secondary N) is 1. The molecule has 0 spiro atoms. The van der Waals surface area contributed by atoms with Gasteiger partial charge in [-0.2, -0.15) is 0 Å². The summed E-state index contributed by atoms with van der Waals surface area (Å²) in [5, 5.41) is 4.32. The van der Waals surface area contributed by atoms with Gasteiger partial charge in [-0.15, -0.1) is 0 Å². The Hall–Kier alpha value is -1.48. The van der Waals surface area contributed by atoms with Crippen LogP contribution in [0, 0.1) is 13.8 Å². The number of anilines is 1. The number of rotatable bonds is 3. The van der Waals surface area contributed by atoms with Crippen LogP contribution in [0.3, 0.4) is 0 Å². The number of aryl methyl sites for hydroxylation is 2. The van der Waals surface area contributed by atoms with Crippen molar-refractivity contribution in [2.45, 2.75) is 45.6 Å². The van der Waals surface area contributed by atoms with Crippen LogP contribution in [0.5, 0.6) is 0 Å². The van der Waals surface area contributed by atoms with Crippen molar-refractivity contribution in [3.05, 3.63) is 40.7 Å². The fraction of sp³-hybridized carbons (Fsp3) is 0.438. The first kappa shape index (κ1) is 13.5. The predicted octanol–water partition coefficient (Wildman–Crippen LogP) is 4.50. The highest BCUT2D eigenvalue weighted by molar-refractivity contribution is 6.32. The topological polar surface area (TPSA) is 29.9 Å². The highest BCUT2D eigenvalue weighted by atomic mass is 35.5. The van der Waals surface area contributed by atoms with E-state index in [0.717, 1.165) is 22.4 Å². The molecule has 1 saturated carbocycles. The summed E-state index contributed by atoms with van der Waals surface area (Å²) in [6, 6.07) is 6.67. The van der Waals surface area contributed by atoms with Gasteiger partial charge in [0.1, 0.15) is 0 Å². The van der Waals surface area contributed by atoms with E-state index in [4.69, 9.17) is 11.6 Å². The number of halogens is 1. The van der Waals surface area contributed by atoms with Gasteiger partial charge in [0.15, 0.2) is 0 Å². The summed E-state index contributed by atoms with van der Waals surface area (Å²) in [5.74, 6) is 0.903. The zero-order valence-electron chi connectivity index (χ0n) is 12.0. The fourth-order valence-electron chi connectivity index (χ4n) is 2.84. The number of benzene rings is 1. The number of hydrogen-bond donors (Lipinski definition) is 1. The molecule has 0 radical (unpaired) electrons. The minimum Gasteiger partial charge on any atom is -0.353 e. The molecule has 0 aliphatic heterocycles. The second-order valence-corrected chi connectivity index (χ2v) is 6.06. The second kappa shape index (κ2) is 5.49. The van der Waals surface area contributed by atoms with Crippen molar-refractivity contribution in [3.63, 3.8) is 0 Å². The van der Waals surface area contributed by atoms with Crippen molar-refractivity contribution in [3.8, 4) is 5.69 Å². The van der Waals surface area contributed by atoms with Crippen LogP contribution in [0.2, 0.25) is 5.02 Å². The normalized spacial score (nSPS) is 15.8. The minimum absolute atomic E-state index is 0.541. The molecule has 2 aromatic rings. The quantitative estimate of drug-likeness (QED) is 0.902. The van der Waals surface area contributed by atoms with Gasteiger partial charge in [0.2, 0.25) is 5.95 Å². The van der Waals surface area contributed by atoms with Crippen molar-refractivity contribution in [2.75, 3.05) is 5.32 Å². The summed E-state index contributed by atoms with van der Waals surface area (Å²) in [5.41, 5.74) is 3.15. The van der Waals surface area contributed by atoms with Crippen molar-refractivity contribution in [1.29, 1.82) is 0 Å². The first-order valence-corrected chi connectivity index (χ1v) is 7.60. The van der Waals surface area contributed by atoms with Gasteiger partial charge in [-0.1, -0.05) is 30.5 Å². The zero-order valence-corrected chi connectivity index (χ0v) is 12.7. The fourth-order valence-corrected chi connectivity index (χ4v) is 3.17. The molecule has 3 rings (SSSR count). The third-order valence-electron chi connectivity index (χ3n) is 3.88. The maximum atomic E-state index is 6.39. The van der Waals surface area contributed by atoms with Crippen LogP contribution in [0.15, 0.2) is 24.4 Å². The second-order valence-electron chi connectivity index (χ2n) is 5.66. The molecule has 1 aliphatic rings. The monoisotopic (exact) mass is 289 g/mol. The molecular weight excluding hydrogens is 270 g/mol. The molecule has 0 atom stereocenters. The van der Waals surface area contributed by atoms with Gasteiger partial charge in [-0.05, 0) is 44.4 Å². The Morgan fingerprint density at radius 3 is 2.70 bits per heavy atom. The molecule has 1 aliphatic carbocycles. The average molecular weight is 290 g/mol. The molecule has 0 amide bonds. The number of aromatic nitrogens is 2. The van der Waals surface area contributed by atoms with Gasteiger partial charge in [-0.3, -0.25) is 4.57 Å². The Morgan fingerprint density at radius 2 is 2.00 bits per heavy atom. The Balaban J connectivity index is 1.95. The lowest BCUT2D eigenvalue weighted by molar-refractivity contribution is 0.740. The molecule has 0 saturated heterocycles. The van der Waals surface area contributed by atoms with Gasteiger partial charge < -0.3 is 5.32 Å². The largest absolute Gasteiger partial charge is 0.353 e. The third kappa shape index (κ3) is 2.68. The highest BCUT2D eigenvalue weighted by Crippen LogP contribution is 2.27. The summed E-state index contributed by atoms with van der Waals surface area (Å²) >= 11 is 6.39. The lowest BCUT2D eigenvalue weighted by Crippen LogP contribution is -2.17. The lowest BCUT2D eigenvalue weighted by atomic mass is 10.2. The van der Waals surface area contributed by atoms with E-state index in [1.54, 1.807) is 0 Å². The number of nitrogens with zero attached hydrogens (tertiary/aromatic N) is 2. The molecule has 1 aromatic heterocycles. The summed E-state index contributed by atoms with van der Waals surface area (Å²) in [6.07, 6.45) is 7.11. The van der Waals surface area contributed by atoms with Crippen LogP contribution < -0.4 is 5.32 Å². The summed E-state index contributed by atoms with van der Waals surface area (Å²) in [7, 11) is 0. The van der Waals surface area contributed by atoms with E-state index >= 15 is 0 Å². The molecule has 106 valence electrons. The Morgan fingerprint density at radius 1 is 1.25 bits per heavy atom. The molecule has 20 heavy (non-hydrogen) atoms. The van der Waals surface area contributed by atoms with Crippen LogP contribution in [0.25, 0.3) is 5.69 Å². The van der Waals surface area contributed by atoms with Crippen LogP contribution >= 0.6 is 11.6 Å². The zero-order chi connectivity index (χ0) is 14.1. The molecule has 0 unspecified atom stereocenters. The van der Waals surface area contributed by atoms with Crippen molar-refractivity contribution < 1.29 is 0 Å². The van der Waals surface area contributed by atoms with Crippen LogP contribution in [0.1, 0.15) is 36.9 Å². The molecule has 1 aromatic carbocycles. The molecule has 4 heteroatoms. The highest BCUT2D eigenvalue weighted by Gasteiger charge is 2.18. The van der Waals surface area contributed by atoms with Crippen molar-refractivity contribution >= 4 is 17.5 Å². The van der Waals surface area contributed by atoms with Crippen molar-refractivity contribution in [2.24, 2.45) is 0 Å². The van der Waals surface area contributed by atoms with Gasteiger partial charge >= 0.3 is 0 Å². The third-order valence-corrected chi connectivity index (χ3v) is 4.18. The van der Waals surface area contributed by atoms with Crippen LogP contribution in [0.4, 0.5) is 5.95 Å².